The highest BCUT2D eigenvalue weighted by atomic mass is 16.5. The number of fused-ring (bicyclic) bond motifs is 1. The number of piperidine rings is 1. The zero-order valence-corrected chi connectivity index (χ0v) is 19.3. The monoisotopic (exact) mass is 444 g/mol. The van der Waals surface area contributed by atoms with Crippen LogP contribution < -0.4 is 4.74 Å². The first kappa shape index (κ1) is 21.7. The Balaban J connectivity index is 1.23. The van der Waals surface area contributed by atoms with Crippen molar-refractivity contribution >= 4 is 5.91 Å². The Morgan fingerprint density at radius 1 is 1.09 bits per heavy atom. The molecule has 1 N–H and O–H groups in total. The third-order valence-corrected chi connectivity index (χ3v) is 6.88. The molecular formula is C27H32N4O2. The molecule has 172 valence electrons. The number of nitrogens with one attached hydrogen (secondary N) is 1. The van der Waals surface area contributed by atoms with Gasteiger partial charge in [-0.1, -0.05) is 18.2 Å². The van der Waals surface area contributed by atoms with Gasteiger partial charge in [0.15, 0.2) is 5.69 Å². The van der Waals surface area contributed by atoms with Crippen molar-refractivity contribution in [2.24, 2.45) is 0 Å². The maximum Gasteiger partial charge on any atom is 0.274 e. The fourth-order valence-electron chi connectivity index (χ4n) is 5.10. The third-order valence-electron chi connectivity index (χ3n) is 6.88. The number of rotatable bonds is 6. The van der Waals surface area contributed by atoms with Crippen LogP contribution in [0.1, 0.15) is 77.1 Å². The zero-order chi connectivity index (χ0) is 22.6. The first-order valence-electron chi connectivity index (χ1n) is 12.2. The lowest BCUT2D eigenvalue weighted by molar-refractivity contribution is 0.0698. The van der Waals surface area contributed by atoms with Gasteiger partial charge in [-0.25, -0.2) is 0 Å². The fraction of sp³-hybridized carbons (Fsp3) is 0.444. The molecule has 5 rings (SSSR count). The van der Waals surface area contributed by atoms with E-state index in [1.54, 1.807) is 0 Å². The normalized spacial score (nSPS) is 18.1. The van der Waals surface area contributed by atoms with Gasteiger partial charge in [0, 0.05) is 42.2 Å². The number of likely N-dealkylation sites (tertiary alicyclic amines) is 1. The summed E-state index contributed by atoms with van der Waals surface area (Å²) in [6.45, 7) is 4.18. The van der Waals surface area contributed by atoms with Gasteiger partial charge in [0.2, 0.25) is 0 Å². The SMILES string of the molecule is CCOc1ccc(Cc2ccc([C@H]3CCCN(C(=O)c4n[nH]c5c4CCCC5)C3)nc2)cc1. The molecule has 1 amide bonds. The molecule has 3 heterocycles. The van der Waals surface area contributed by atoms with E-state index < -0.39 is 0 Å². The van der Waals surface area contributed by atoms with Crippen molar-refractivity contribution in [2.75, 3.05) is 19.7 Å². The van der Waals surface area contributed by atoms with Gasteiger partial charge in [-0.05, 0) is 81.2 Å². The summed E-state index contributed by atoms with van der Waals surface area (Å²) in [5, 5.41) is 7.51. The van der Waals surface area contributed by atoms with Crippen molar-refractivity contribution in [1.29, 1.82) is 0 Å². The average Bonchev–Trinajstić information content (AvgIpc) is 3.30. The van der Waals surface area contributed by atoms with Crippen molar-refractivity contribution in [2.45, 2.75) is 57.8 Å². The molecule has 1 aliphatic heterocycles. The maximum atomic E-state index is 13.2. The van der Waals surface area contributed by atoms with Crippen LogP contribution in [0.3, 0.4) is 0 Å². The van der Waals surface area contributed by atoms with E-state index in [0.29, 0.717) is 18.8 Å². The number of H-pyrrole nitrogens is 1. The number of aromatic nitrogens is 3. The van der Waals surface area contributed by atoms with Gasteiger partial charge in [0.1, 0.15) is 5.75 Å². The molecule has 1 atom stereocenters. The number of ether oxygens (including phenoxy) is 1. The predicted molar refractivity (Wildman–Crippen MR) is 128 cm³/mol. The smallest absolute Gasteiger partial charge is 0.274 e. The number of carbonyl (C=O) groups is 1. The molecule has 1 aliphatic carbocycles. The summed E-state index contributed by atoms with van der Waals surface area (Å²) in [4.78, 5) is 20.0. The summed E-state index contributed by atoms with van der Waals surface area (Å²) >= 11 is 0. The summed E-state index contributed by atoms with van der Waals surface area (Å²) in [6, 6.07) is 12.6. The Hall–Kier alpha value is -3.15. The van der Waals surface area contributed by atoms with E-state index in [9.17, 15) is 4.79 Å². The van der Waals surface area contributed by atoms with Crippen LogP contribution in [0.4, 0.5) is 0 Å². The standard InChI is InChI=1S/C27H32N4O2/c1-2-33-22-12-9-19(10-13-22)16-20-11-14-24(28-17-20)21-6-5-15-31(18-21)27(32)26-23-7-3-4-8-25(23)29-30-26/h9-14,17,21H,2-8,15-16,18H2,1H3,(H,29,30)/t21-/m0/s1. The van der Waals surface area contributed by atoms with Gasteiger partial charge >= 0.3 is 0 Å². The topological polar surface area (TPSA) is 71.1 Å². The first-order valence-corrected chi connectivity index (χ1v) is 12.2. The van der Waals surface area contributed by atoms with Crippen LogP contribution in [0.15, 0.2) is 42.6 Å². The van der Waals surface area contributed by atoms with Crippen molar-refractivity contribution in [3.63, 3.8) is 0 Å². The summed E-state index contributed by atoms with van der Waals surface area (Å²) in [5.41, 5.74) is 6.45. The lowest BCUT2D eigenvalue weighted by atomic mass is 9.92. The number of nitrogens with zero attached hydrogens (tertiary/aromatic N) is 3. The number of carbonyl (C=O) groups excluding carboxylic acids is 1. The van der Waals surface area contributed by atoms with Gasteiger partial charge in [-0.2, -0.15) is 5.10 Å². The molecule has 0 radical (unpaired) electrons. The van der Waals surface area contributed by atoms with E-state index in [4.69, 9.17) is 9.72 Å². The predicted octanol–water partition coefficient (Wildman–Crippen LogP) is 4.69. The maximum absolute atomic E-state index is 13.2. The molecule has 1 aromatic carbocycles. The van der Waals surface area contributed by atoms with Crippen LogP contribution in [0.2, 0.25) is 0 Å². The highest BCUT2D eigenvalue weighted by molar-refractivity contribution is 5.94. The van der Waals surface area contributed by atoms with Gasteiger partial charge in [0.25, 0.3) is 5.91 Å². The summed E-state index contributed by atoms with van der Waals surface area (Å²) in [7, 11) is 0. The Morgan fingerprint density at radius 3 is 2.70 bits per heavy atom. The quantitative estimate of drug-likeness (QED) is 0.599. The number of hydrogen-bond acceptors (Lipinski definition) is 4. The van der Waals surface area contributed by atoms with Gasteiger partial charge in [-0.15, -0.1) is 0 Å². The molecule has 0 saturated carbocycles. The summed E-state index contributed by atoms with van der Waals surface area (Å²) in [5.74, 6) is 1.25. The molecule has 1 saturated heterocycles. The van der Waals surface area contributed by atoms with E-state index in [1.807, 2.05) is 30.2 Å². The van der Waals surface area contributed by atoms with Crippen LogP contribution in [0.25, 0.3) is 0 Å². The molecule has 3 aromatic rings. The second kappa shape index (κ2) is 9.77. The molecule has 2 aromatic heterocycles. The molecule has 0 spiro atoms. The minimum Gasteiger partial charge on any atom is -0.494 e. The highest BCUT2D eigenvalue weighted by Crippen LogP contribution is 2.29. The molecule has 6 nitrogen and oxygen atoms in total. The van der Waals surface area contributed by atoms with Crippen molar-refractivity contribution in [1.82, 2.24) is 20.1 Å². The molecule has 1 fully saturated rings. The molecular weight excluding hydrogens is 412 g/mol. The molecule has 0 bridgehead atoms. The van der Waals surface area contributed by atoms with Crippen LogP contribution in [-0.4, -0.2) is 45.7 Å². The van der Waals surface area contributed by atoms with Gasteiger partial charge in [-0.3, -0.25) is 14.9 Å². The Kier molecular flexibility index (Phi) is 6.42. The minimum absolute atomic E-state index is 0.0752. The van der Waals surface area contributed by atoms with Crippen molar-refractivity contribution < 1.29 is 9.53 Å². The Morgan fingerprint density at radius 2 is 1.91 bits per heavy atom. The van der Waals surface area contributed by atoms with E-state index >= 15 is 0 Å². The number of benzene rings is 1. The number of amides is 1. The number of hydrogen-bond donors (Lipinski definition) is 1. The van der Waals surface area contributed by atoms with Gasteiger partial charge < -0.3 is 9.64 Å². The second-order valence-corrected chi connectivity index (χ2v) is 9.17. The zero-order valence-electron chi connectivity index (χ0n) is 19.3. The van der Waals surface area contributed by atoms with E-state index in [1.165, 1.54) is 17.5 Å². The highest BCUT2D eigenvalue weighted by Gasteiger charge is 2.30. The van der Waals surface area contributed by atoms with Gasteiger partial charge in [0.05, 0.1) is 6.61 Å². The van der Waals surface area contributed by atoms with Crippen molar-refractivity contribution in [3.8, 4) is 5.75 Å². The lowest BCUT2D eigenvalue weighted by Crippen LogP contribution is -2.40. The number of pyridine rings is 1. The number of aromatic amines is 1. The lowest BCUT2D eigenvalue weighted by Gasteiger charge is -2.32. The Bertz CT molecular complexity index is 1090. The Labute approximate surface area is 195 Å². The molecule has 0 unspecified atom stereocenters. The average molecular weight is 445 g/mol. The van der Waals surface area contributed by atoms with Crippen LogP contribution in [0, 0.1) is 0 Å². The van der Waals surface area contributed by atoms with E-state index in [-0.39, 0.29) is 11.8 Å². The first-order chi connectivity index (χ1) is 16.2. The minimum atomic E-state index is 0.0752. The number of aryl methyl sites for hydroxylation is 1. The van der Waals surface area contributed by atoms with E-state index in [2.05, 4.69) is 34.5 Å². The largest absolute Gasteiger partial charge is 0.494 e. The summed E-state index contributed by atoms with van der Waals surface area (Å²) in [6.07, 6.45) is 9.17. The third kappa shape index (κ3) is 4.80. The van der Waals surface area contributed by atoms with E-state index in [0.717, 1.165) is 67.8 Å². The van der Waals surface area contributed by atoms with Crippen LogP contribution in [-0.2, 0) is 19.3 Å². The fourth-order valence-corrected chi connectivity index (χ4v) is 5.10. The van der Waals surface area contributed by atoms with Crippen LogP contribution in [0.5, 0.6) is 5.75 Å². The molecule has 33 heavy (non-hydrogen) atoms. The molecule has 2 aliphatic rings. The molecule has 6 heteroatoms. The second-order valence-electron chi connectivity index (χ2n) is 9.17. The van der Waals surface area contributed by atoms with Crippen LogP contribution >= 0.6 is 0 Å². The summed E-state index contributed by atoms with van der Waals surface area (Å²) < 4.78 is 5.52. The van der Waals surface area contributed by atoms with Crippen molar-refractivity contribution in [3.05, 3.63) is 76.4 Å².